The number of nitrogens with zero attached hydrogens (tertiary/aromatic N) is 1. The standard InChI is InChI=1S/C13H14N2OS/c1-15-9-3-4-12(15)13(16)14-10-5-7-11(17-2)8-6-10/h3-9H,1-2H3,(H,14,16). The van der Waals surface area contributed by atoms with Gasteiger partial charge < -0.3 is 9.88 Å². The summed E-state index contributed by atoms with van der Waals surface area (Å²) in [6.07, 6.45) is 3.88. The van der Waals surface area contributed by atoms with Crippen molar-refractivity contribution in [1.82, 2.24) is 4.57 Å². The predicted octanol–water partition coefficient (Wildman–Crippen LogP) is 3.00. The van der Waals surface area contributed by atoms with Crippen molar-refractivity contribution < 1.29 is 4.79 Å². The fourth-order valence-electron chi connectivity index (χ4n) is 1.57. The van der Waals surface area contributed by atoms with Gasteiger partial charge in [0.1, 0.15) is 5.69 Å². The van der Waals surface area contributed by atoms with Crippen LogP contribution in [0.1, 0.15) is 10.5 Å². The minimum Gasteiger partial charge on any atom is -0.347 e. The van der Waals surface area contributed by atoms with Crippen molar-refractivity contribution >= 4 is 23.4 Å². The molecule has 0 spiro atoms. The molecule has 0 aliphatic carbocycles. The van der Waals surface area contributed by atoms with E-state index < -0.39 is 0 Å². The van der Waals surface area contributed by atoms with Crippen LogP contribution in [0.5, 0.6) is 0 Å². The van der Waals surface area contributed by atoms with E-state index in [0.717, 1.165) is 5.69 Å². The van der Waals surface area contributed by atoms with E-state index >= 15 is 0 Å². The molecule has 0 unspecified atom stereocenters. The second-order valence-electron chi connectivity index (χ2n) is 3.69. The molecule has 0 aliphatic rings. The van der Waals surface area contributed by atoms with Crippen molar-refractivity contribution in [2.75, 3.05) is 11.6 Å². The number of aryl methyl sites for hydroxylation is 1. The van der Waals surface area contributed by atoms with Gasteiger partial charge in [-0.05, 0) is 42.7 Å². The largest absolute Gasteiger partial charge is 0.347 e. The van der Waals surface area contributed by atoms with E-state index in [9.17, 15) is 4.79 Å². The summed E-state index contributed by atoms with van der Waals surface area (Å²) in [5.41, 5.74) is 1.47. The molecular weight excluding hydrogens is 232 g/mol. The Morgan fingerprint density at radius 3 is 2.47 bits per heavy atom. The summed E-state index contributed by atoms with van der Waals surface area (Å²) in [7, 11) is 1.85. The molecule has 88 valence electrons. The second-order valence-corrected chi connectivity index (χ2v) is 4.57. The molecule has 3 nitrogen and oxygen atoms in total. The van der Waals surface area contributed by atoms with Crippen LogP contribution in [0.3, 0.4) is 0 Å². The van der Waals surface area contributed by atoms with Crippen molar-refractivity contribution in [3.63, 3.8) is 0 Å². The van der Waals surface area contributed by atoms with Crippen LogP contribution in [0, 0.1) is 0 Å². The highest BCUT2D eigenvalue weighted by Crippen LogP contribution is 2.17. The van der Waals surface area contributed by atoms with E-state index in [2.05, 4.69) is 5.32 Å². The van der Waals surface area contributed by atoms with Crippen LogP contribution in [0.4, 0.5) is 5.69 Å². The van der Waals surface area contributed by atoms with Crippen molar-refractivity contribution in [2.24, 2.45) is 7.05 Å². The molecule has 1 aromatic heterocycles. The van der Waals surface area contributed by atoms with Gasteiger partial charge >= 0.3 is 0 Å². The number of benzene rings is 1. The first-order chi connectivity index (χ1) is 8.20. The number of carbonyl (C=O) groups is 1. The molecule has 2 rings (SSSR count). The maximum Gasteiger partial charge on any atom is 0.272 e. The van der Waals surface area contributed by atoms with E-state index in [1.807, 2.05) is 49.8 Å². The van der Waals surface area contributed by atoms with Crippen molar-refractivity contribution in [2.45, 2.75) is 4.90 Å². The zero-order chi connectivity index (χ0) is 12.3. The fraction of sp³-hybridized carbons (Fsp3) is 0.154. The lowest BCUT2D eigenvalue weighted by molar-refractivity contribution is 0.101. The summed E-state index contributed by atoms with van der Waals surface area (Å²) in [5.74, 6) is -0.0885. The van der Waals surface area contributed by atoms with Crippen molar-refractivity contribution in [3.8, 4) is 0 Å². The van der Waals surface area contributed by atoms with Gasteiger partial charge in [0.05, 0.1) is 0 Å². The smallest absolute Gasteiger partial charge is 0.272 e. The second kappa shape index (κ2) is 5.10. The van der Waals surface area contributed by atoms with Gasteiger partial charge in [-0.25, -0.2) is 0 Å². The molecule has 1 amide bonds. The minimum absolute atomic E-state index is 0.0885. The molecule has 1 aromatic carbocycles. The Hall–Kier alpha value is -1.68. The van der Waals surface area contributed by atoms with Gasteiger partial charge in [-0.2, -0.15) is 0 Å². The molecule has 2 aromatic rings. The number of carbonyl (C=O) groups excluding carboxylic acids is 1. The van der Waals surface area contributed by atoms with E-state index in [-0.39, 0.29) is 5.91 Å². The Bertz CT molecular complexity index is 516. The van der Waals surface area contributed by atoms with Crippen LogP contribution >= 0.6 is 11.8 Å². The molecule has 4 heteroatoms. The van der Waals surface area contributed by atoms with Crippen LogP contribution in [0.2, 0.25) is 0 Å². The highest BCUT2D eigenvalue weighted by atomic mass is 32.2. The first kappa shape index (κ1) is 11.8. The summed E-state index contributed by atoms with van der Waals surface area (Å²) < 4.78 is 1.80. The topological polar surface area (TPSA) is 34.0 Å². The van der Waals surface area contributed by atoms with Gasteiger partial charge in [0.25, 0.3) is 5.91 Å². The average Bonchev–Trinajstić information content (AvgIpc) is 2.76. The molecule has 1 N–H and O–H groups in total. The lowest BCUT2D eigenvalue weighted by atomic mass is 10.3. The maximum absolute atomic E-state index is 11.9. The van der Waals surface area contributed by atoms with E-state index in [1.54, 1.807) is 22.4 Å². The molecule has 0 radical (unpaired) electrons. The Morgan fingerprint density at radius 1 is 1.24 bits per heavy atom. The van der Waals surface area contributed by atoms with Crippen molar-refractivity contribution in [1.29, 1.82) is 0 Å². The number of aromatic nitrogens is 1. The Labute approximate surface area is 105 Å². The van der Waals surface area contributed by atoms with Crippen LogP contribution < -0.4 is 5.32 Å². The maximum atomic E-state index is 11.9. The van der Waals surface area contributed by atoms with Gasteiger partial charge in [-0.1, -0.05) is 0 Å². The molecule has 0 bridgehead atoms. The monoisotopic (exact) mass is 246 g/mol. The third-order valence-electron chi connectivity index (χ3n) is 2.52. The number of anilines is 1. The summed E-state index contributed by atoms with van der Waals surface area (Å²) >= 11 is 1.68. The highest BCUT2D eigenvalue weighted by Gasteiger charge is 2.08. The van der Waals surface area contributed by atoms with Crippen LogP contribution in [-0.4, -0.2) is 16.7 Å². The summed E-state index contributed by atoms with van der Waals surface area (Å²) in [6, 6.07) is 11.5. The van der Waals surface area contributed by atoms with Gasteiger partial charge in [0.15, 0.2) is 0 Å². The molecule has 0 saturated heterocycles. The molecule has 17 heavy (non-hydrogen) atoms. The average molecular weight is 246 g/mol. The fourth-order valence-corrected chi connectivity index (χ4v) is 1.97. The van der Waals surface area contributed by atoms with Crippen molar-refractivity contribution in [3.05, 3.63) is 48.3 Å². The number of amides is 1. The predicted molar refractivity (Wildman–Crippen MR) is 71.6 cm³/mol. The van der Waals surface area contributed by atoms with E-state index in [0.29, 0.717) is 5.69 Å². The van der Waals surface area contributed by atoms with Gasteiger partial charge in [-0.15, -0.1) is 11.8 Å². The minimum atomic E-state index is -0.0885. The summed E-state index contributed by atoms with van der Waals surface area (Å²) in [4.78, 5) is 13.1. The lowest BCUT2D eigenvalue weighted by Gasteiger charge is -2.06. The number of rotatable bonds is 3. The summed E-state index contributed by atoms with van der Waals surface area (Å²) in [6.45, 7) is 0. The van der Waals surface area contributed by atoms with E-state index in [4.69, 9.17) is 0 Å². The Kier molecular flexibility index (Phi) is 3.54. The number of nitrogens with one attached hydrogen (secondary N) is 1. The number of thioether (sulfide) groups is 1. The lowest BCUT2D eigenvalue weighted by Crippen LogP contribution is -2.15. The zero-order valence-electron chi connectivity index (χ0n) is 9.81. The quantitative estimate of drug-likeness (QED) is 0.845. The molecule has 1 heterocycles. The Morgan fingerprint density at radius 2 is 1.94 bits per heavy atom. The first-order valence-electron chi connectivity index (χ1n) is 5.27. The number of hydrogen-bond donors (Lipinski definition) is 1. The normalized spacial score (nSPS) is 10.2. The zero-order valence-corrected chi connectivity index (χ0v) is 10.6. The number of hydrogen-bond acceptors (Lipinski definition) is 2. The van der Waals surface area contributed by atoms with Crippen LogP contribution in [0.25, 0.3) is 0 Å². The molecular formula is C13H14N2OS. The SMILES string of the molecule is CSc1ccc(NC(=O)c2cccn2C)cc1. The Balaban J connectivity index is 2.10. The molecule has 0 fully saturated rings. The van der Waals surface area contributed by atoms with Gasteiger partial charge in [-0.3, -0.25) is 4.79 Å². The molecule has 0 aliphatic heterocycles. The first-order valence-corrected chi connectivity index (χ1v) is 6.50. The van der Waals surface area contributed by atoms with Crippen LogP contribution in [0.15, 0.2) is 47.5 Å². The third kappa shape index (κ3) is 2.71. The van der Waals surface area contributed by atoms with E-state index in [1.165, 1.54) is 4.90 Å². The third-order valence-corrected chi connectivity index (χ3v) is 3.27. The highest BCUT2D eigenvalue weighted by molar-refractivity contribution is 7.98. The van der Waals surface area contributed by atoms with Gasteiger partial charge in [0, 0.05) is 23.8 Å². The van der Waals surface area contributed by atoms with Gasteiger partial charge in [0.2, 0.25) is 0 Å². The van der Waals surface area contributed by atoms with Crippen LogP contribution in [-0.2, 0) is 7.05 Å². The molecule has 0 saturated carbocycles. The molecule has 0 atom stereocenters. The summed E-state index contributed by atoms with van der Waals surface area (Å²) in [5, 5.41) is 2.87.